The van der Waals surface area contributed by atoms with Crippen LogP contribution in [0.2, 0.25) is 0 Å². The molecule has 2 bridgehead atoms. The van der Waals surface area contributed by atoms with Crippen LogP contribution >= 0.6 is 0 Å². The Balaban J connectivity index is 1.43. The molecule has 3 fully saturated rings. The molecule has 4 nitrogen and oxygen atoms in total. The Kier molecular flexibility index (Phi) is 4.21. The van der Waals surface area contributed by atoms with E-state index in [1.165, 1.54) is 12.5 Å². The van der Waals surface area contributed by atoms with Gasteiger partial charge in [-0.1, -0.05) is 12.1 Å². The third-order valence-corrected chi connectivity index (χ3v) is 5.60. The number of hydrogen-bond acceptors (Lipinski definition) is 2. The topological polar surface area (TPSA) is 45.7 Å². The molecular formula is C19H26FN3O. The van der Waals surface area contributed by atoms with Crippen molar-refractivity contribution in [3.63, 3.8) is 0 Å². The normalized spacial score (nSPS) is 30.4. The van der Waals surface area contributed by atoms with E-state index in [2.05, 4.69) is 17.6 Å². The van der Waals surface area contributed by atoms with Gasteiger partial charge in [-0.25, -0.2) is 4.39 Å². The molecule has 3 atom stereocenters. The molecule has 1 aliphatic carbocycles. The molecule has 2 aliphatic heterocycles. The zero-order valence-corrected chi connectivity index (χ0v) is 14.2. The largest absolute Gasteiger partial charge is 0.373 e. The van der Waals surface area contributed by atoms with E-state index in [0.717, 1.165) is 43.8 Å². The lowest BCUT2D eigenvalue weighted by Gasteiger charge is -2.23. The molecule has 0 aromatic heterocycles. The first-order chi connectivity index (χ1) is 11.7. The maximum absolute atomic E-state index is 13.5. The van der Waals surface area contributed by atoms with E-state index < -0.39 is 0 Å². The van der Waals surface area contributed by atoms with Crippen molar-refractivity contribution in [1.29, 1.82) is 0 Å². The van der Waals surface area contributed by atoms with Crippen molar-refractivity contribution < 1.29 is 9.13 Å². The lowest BCUT2D eigenvalue weighted by atomic mass is 9.95. The van der Waals surface area contributed by atoms with E-state index in [0.29, 0.717) is 24.8 Å². The van der Waals surface area contributed by atoms with E-state index in [9.17, 15) is 4.39 Å². The lowest BCUT2D eigenvalue weighted by molar-refractivity contribution is 0.0992. The Morgan fingerprint density at radius 1 is 1.38 bits per heavy atom. The van der Waals surface area contributed by atoms with Crippen LogP contribution in [0.15, 0.2) is 29.3 Å². The van der Waals surface area contributed by atoms with Crippen molar-refractivity contribution in [2.24, 2.45) is 4.99 Å². The Morgan fingerprint density at radius 3 is 2.88 bits per heavy atom. The predicted octanol–water partition coefficient (Wildman–Crippen LogP) is 2.73. The number of rotatable bonds is 5. The van der Waals surface area contributed by atoms with Crippen LogP contribution in [-0.4, -0.2) is 37.3 Å². The fourth-order valence-corrected chi connectivity index (χ4v) is 4.02. The molecule has 3 aliphatic rings. The first-order valence-electron chi connectivity index (χ1n) is 9.15. The molecule has 24 heavy (non-hydrogen) atoms. The van der Waals surface area contributed by atoms with Crippen molar-refractivity contribution in [2.45, 2.75) is 62.7 Å². The fraction of sp³-hybridized carbons (Fsp3) is 0.632. The Labute approximate surface area is 142 Å². The van der Waals surface area contributed by atoms with Crippen molar-refractivity contribution in [3.05, 3.63) is 35.6 Å². The minimum Gasteiger partial charge on any atom is -0.373 e. The number of nitrogens with one attached hydrogen (secondary N) is 2. The highest BCUT2D eigenvalue weighted by Gasteiger charge is 2.45. The van der Waals surface area contributed by atoms with Crippen LogP contribution in [0.1, 0.15) is 44.6 Å². The average molecular weight is 331 g/mol. The minimum atomic E-state index is -0.160. The van der Waals surface area contributed by atoms with E-state index >= 15 is 0 Å². The number of guanidine groups is 1. The molecule has 2 heterocycles. The summed E-state index contributed by atoms with van der Waals surface area (Å²) in [6, 6.07) is 7.35. The molecular weight excluding hydrogens is 305 g/mol. The summed E-state index contributed by atoms with van der Waals surface area (Å²) in [7, 11) is 0. The van der Waals surface area contributed by atoms with Crippen LogP contribution < -0.4 is 10.6 Å². The molecule has 130 valence electrons. The van der Waals surface area contributed by atoms with Gasteiger partial charge in [0.1, 0.15) is 5.82 Å². The lowest BCUT2D eigenvalue weighted by Crippen LogP contribution is -2.47. The molecule has 1 saturated carbocycles. The van der Waals surface area contributed by atoms with Crippen molar-refractivity contribution in [3.8, 4) is 0 Å². The number of halogens is 1. The van der Waals surface area contributed by atoms with Gasteiger partial charge >= 0.3 is 0 Å². The summed E-state index contributed by atoms with van der Waals surface area (Å²) >= 11 is 0. The van der Waals surface area contributed by atoms with Crippen molar-refractivity contribution >= 4 is 5.96 Å². The smallest absolute Gasteiger partial charge is 0.191 e. The van der Waals surface area contributed by atoms with Crippen LogP contribution in [0, 0.1) is 5.82 Å². The quantitative estimate of drug-likeness (QED) is 0.644. The summed E-state index contributed by atoms with van der Waals surface area (Å²) in [6.45, 7) is 3.61. The van der Waals surface area contributed by atoms with Gasteiger partial charge in [0.2, 0.25) is 0 Å². The van der Waals surface area contributed by atoms with E-state index in [4.69, 9.17) is 9.73 Å². The summed E-state index contributed by atoms with van der Waals surface area (Å²) in [5, 5.41) is 6.89. The SMILES string of the molecule is CCNC(=NCC1(c2cccc(F)c2)CC1)NC1CC2CCC1O2. The third-order valence-electron chi connectivity index (χ3n) is 5.60. The third kappa shape index (κ3) is 3.14. The number of aliphatic imine (C=N–C) groups is 1. The molecule has 2 N–H and O–H groups in total. The maximum atomic E-state index is 13.5. The van der Waals surface area contributed by atoms with Gasteiger partial charge in [0.25, 0.3) is 0 Å². The molecule has 0 amide bonds. The second kappa shape index (κ2) is 6.36. The number of benzene rings is 1. The zero-order valence-electron chi connectivity index (χ0n) is 14.2. The van der Waals surface area contributed by atoms with Gasteiger partial charge in [0, 0.05) is 12.0 Å². The second-order valence-corrected chi connectivity index (χ2v) is 7.35. The van der Waals surface area contributed by atoms with Gasteiger partial charge in [0.15, 0.2) is 5.96 Å². The maximum Gasteiger partial charge on any atom is 0.191 e. The van der Waals surface area contributed by atoms with Crippen LogP contribution in [0.4, 0.5) is 4.39 Å². The van der Waals surface area contributed by atoms with Gasteiger partial charge < -0.3 is 15.4 Å². The number of ether oxygens (including phenoxy) is 1. The van der Waals surface area contributed by atoms with Crippen molar-refractivity contribution in [1.82, 2.24) is 10.6 Å². The van der Waals surface area contributed by atoms with Gasteiger partial charge in [-0.15, -0.1) is 0 Å². The summed E-state index contributed by atoms with van der Waals surface area (Å²) in [4.78, 5) is 4.82. The summed E-state index contributed by atoms with van der Waals surface area (Å²) < 4.78 is 19.4. The number of fused-ring (bicyclic) bond motifs is 2. The van der Waals surface area contributed by atoms with Gasteiger partial charge in [0.05, 0.1) is 24.8 Å². The highest BCUT2D eigenvalue weighted by atomic mass is 19.1. The van der Waals surface area contributed by atoms with Gasteiger partial charge in [-0.3, -0.25) is 4.99 Å². The summed E-state index contributed by atoms with van der Waals surface area (Å²) in [5.74, 6) is 0.702. The molecule has 2 saturated heterocycles. The second-order valence-electron chi connectivity index (χ2n) is 7.35. The Hall–Kier alpha value is -1.62. The van der Waals surface area contributed by atoms with Gasteiger partial charge in [-0.2, -0.15) is 0 Å². The predicted molar refractivity (Wildman–Crippen MR) is 92.7 cm³/mol. The monoisotopic (exact) mass is 331 g/mol. The molecule has 0 radical (unpaired) electrons. The number of nitrogens with zero attached hydrogens (tertiary/aromatic N) is 1. The van der Waals surface area contributed by atoms with Crippen LogP contribution in [0.25, 0.3) is 0 Å². The molecule has 1 aromatic rings. The molecule has 1 aromatic carbocycles. The fourth-order valence-electron chi connectivity index (χ4n) is 4.02. The highest BCUT2D eigenvalue weighted by molar-refractivity contribution is 5.80. The number of hydrogen-bond donors (Lipinski definition) is 2. The van der Waals surface area contributed by atoms with Crippen molar-refractivity contribution in [2.75, 3.05) is 13.1 Å². The van der Waals surface area contributed by atoms with Crippen LogP contribution in [0.3, 0.4) is 0 Å². The first-order valence-corrected chi connectivity index (χ1v) is 9.15. The molecule has 5 heteroatoms. The average Bonchev–Trinajstić information content (AvgIpc) is 3.09. The Bertz CT molecular complexity index is 629. The molecule has 0 spiro atoms. The first kappa shape index (κ1) is 15.9. The molecule has 4 rings (SSSR count). The van der Waals surface area contributed by atoms with E-state index in [-0.39, 0.29) is 11.2 Å². The minimum absolute atomic E-state index is 0.0234. The van der Waals surface area contributed by atoms with Crippen LogP contribution in [-0.2, 0) is 10.2 Å². The zero-order chi connectivity index (χ0) is 16.6. The standard InChI is InChI=1S/C19H26FN3O/c1-2-21-18(23-16-11-15-6-7-17(16)24-15)22-12-19(8-9-19)13-4-3-5-14(20)10-13/h3-5,10,15-17H,2,6-9,11-12H2,1H3,(H2,21,22,23). The summed E-state index contributed by atoms with van der Waals surface area (Å²) in [6.07, 6.45) is 6.33. The van der Waals surface area contributed by atoms with Gasteiger partial charge in [-0.05, 0) is 56.7 Å². The van der Waals surface area contributed by atoms with Crippen LogP contribution in [0.5, 0.6) is 0 Å². The van der Waals surface area contributed by atoms with E-state index in [1.54, 1.807) is 12.1 Å². The molecule has 3 unspecified atom stereocenters. The highest BCUT2D eigenvalue weighted by Crippen LogP contribution is 2.48. The summed E-state index contributed by atoms with van der Waals surface area (Å²) in [5.41, 5.74) is 1.10. The van der Waals surface area contributed by atoms with E-state index in [1.807, 2.05) is 6.07 Å². The Morgan fingerprint density at radius 2 is 2.25 bits per heavy atom.